The van der Waals surface area contributed by atoms with E-state index in [1.54, 1.807) is 39.8 Å². The van der Waals surface area contributed by atoms with Gasteiger partial charge < -0.3 is 64.8 Å². The van der Waals surface area contributed by atoms with Gasteiger partial charge >= 0.3 is 12.4 Å². The second kappa shape index (κ2) is 36.1. The highest BCUT2D eigenvalue weighted by molar-refractivity contribution is 6.01. The molecule has 3 heterocycles. The summed E-state index contributed by atoms with van der Waals surface area (Å²) in [5.74, 6) is -16.9. The van der Waals surface area contributed by atoms with E-state index in [-0.39, 0.29) is 96.7 Å². The highest BCUT2D eigenvalue weighted by Crippen LogP contribution is 2.46. The lowest BCUT2D eigenvalue weighted by molar-refractivity contribution is -0.219. The van der Waals surface area contributed by atoms with Gasteiger partial charge in [0.25, 0.3) is 0 Å². The van der Waals surface area contributed by atoms with E-state index in [9.17, 15) is 55.1 Å². The van der Waals surface area contributed by atoms with Gasteiger partial charge in [-0.3, -0.25) is 57.5 Å². The maximum Gasteiger partial charge on any atom is 0.397 e. The second-order valence-electron chi connectivity index (χ2n) is 30.8. The van der Waals surface area contributed by atoms with Crippen LogP contribution in [0.1, 0.15) is 163 Å². The number of fused-ring (bicyclic) bond motifs is 3. The maximum atomic E-state index is 15.5. The number of amides is 12. The fourth-order valence-corrected chi connectivity index (χ4v) is 16.6. The van der Waals surface area contributed by atoms with Crippen molar-refractivity contribution in [3.05, 3.63) is 12.2 Å². The van der Waals surface area contributed by atoms with Crippen LogP contribution in [0.2, 0.25) is 0 Å². The summed E-state index contributed by atoms with van der Waals surface area (Å²) in [4.78, 5) is 189. The van der Waals surface area contributed by atoms with Crippen molar-refractivity contribution >= 4 is 70.9 Å². The summed E-state index contributed by atoms with van der Waals surface area (Å²) in [7, 11) is 10.8. The van der Waals surface area contributed by atoms with Crippen molar-refractivity contribution in [2.24, 2.45) is 35.5 Å². The van der Waals surface area contributed by atoms with Crippen LogP contribution in [-0.4, -0.2) is 289 Å². The number of hydrogen-bond acceptors (Lipinski definition) is 13. The number of alkyl halides is 8. The quantitative estimate of drug-likeness (QED) is 0.175. The van der Waals surface area contributed by atoms with Gasteiger partial charge in [0, 0.05) is 82.5 Å². The Kier molecular flexibility index (Phi) is 29.3. The molecule has 12 amide bonds. The van der Waals surface area contributed by atoms with E-state index in [1.165, 1.54) is 71.1 Å². The monoisotopic (exact) mass is 1500 g/mol. The molecule has 33 heteroatoms. The van der Waals surface area contributed by atoms with Crippen molar-refractivity contribution in [2.45, 2.75) is 247 Å². The number of carbonyl (C=O) groups is 12. The molecule has 25 nitrogen and oxygen atoms in total. The summed E-state index contributed by atoms with van der Waals surface area (Å²) in [6, 6.07) is -11.4. The van der Waals surface area contributed by atoms with Gasteiger partial charge in [-0.2, -0.15) is 26.3 Å². The zero-order chi connectivity index (χ0) is 78.1. The Morgan fingerprint density at radius 3 is 1.81 bits per heavy atom. The summed E-state index contributed by atoms with van der Waals surface area (Å²) in [6.07, 6.45) is -13.6. The van der Waals surface area contributed by atoms with Crippen LogP contribution in [0.5, 0.6) is 0 Å². The van der Waals surface area contributed by atoms with Gasteiger partial charge in [-0.25, -0.2) is 8.78 Å². The molecule has 0 aromatic heterocycles. The molecule has 4 saturated carbocycles. The third-order valence-corrected chi connectivity index (χ3v) is 23.1. The Bertz CT molecular complexity index is 3150. The van der Waals surface area contributed by atoms with Crippen molar-refractivity contribution in [1.29, 1.82) is 0 Å². The minimum absolute atomic E-state index is 0.00463. The van der Waals surface area contributed by atoms with Gasteiger partial charge in [-0.1, -0.05) is 45.8 Å². The van der Waals surface area contributed by atoms with Crippen LogP contribution >= 0.6 is 0 Å². The number of ether oxygens (including phenoxy) is 1. The van der Waals surface area contributed by atoms with Crippen molar-refractivity contribution in [3.8, 4) is 0 Å². The first-order valence-electron chi connectivity index (χ1n) is 37.1. The molecule has 7 aliphatic rings. The SMILES string of the molecule is CCO[C@@H]1C[C@H]2C(=O)NC3(CCC3)C(=O)N(C)[C@@H](C3CCCC3)C(=O)N(C)[C@H](C(=O)N(C)C)CC(=O)N(C)[C@@H](CC)C(=O)N[C@@H](C(C)C)C(=O)N(C)CC(=O)N(C)[C@H]3C/C=C\CCN(C3=O)[C@@H](CC3CCC(C(F)(F)F)CC3)C(=O)N(C)CC(=O)N[C@@H](CCC3CC(F)C(C(F)(F)F)C(F)C3)C(=O)N2C1. The van der Waals surface area contributed by atoms with Crippen molar-refractivity contribution in [1.82, 2.24) is 60.0 Å². The van der Waals surface area contributed by atoms with Crippen LogP contribution in [-0.2, 0) is 62.3 Å². The molecule has 0 radical (unpaired) electrons. The van der Waals surface area contributed by atoms with Crippen LogP contribution in [0, 0.1) is 35.5 Å². The Morgan fingerprint density at radius 2 is 1.26 bits per heavy atom. The number of nitrogens with zero attached hydrogens (tertiary/aromatic N) is 9. The predicted octanol–water partition coefficient (Wildman–Crippen LogP) is 5.32. The normalized spacial score (nSPS) is 32.2. The molecule has 6 fully saturated rings. The van der Waals surface area contributed by atoms with Crippen LogP contribution in [0.3, 0.4) is 0 Å². The molecule has 2 unspecified atom stereocenters. The highest BCUT2D eigenvalue weighted by atomic mass is 19.4. The molecule has 2 saturated heterocycles. The van der Waals surface area contributed by atoms with E-state index in [0.29, 0.717) is 32.1 Å². The molecule has 1 spiro atoms. The third-order valence-electron chi connectivity index (χ3n) is 23.1. The summed E-state index contributed by atoms with van der Waals surface area (Å²) in [5.41, 5.74) is -1.69. The van der Waals surface area contributed by atoms with Gasteiger partial charge in [0.1, 0.15) is 72.1 Å². The van der Waals surface area contributed by atoms with Gasteiger partial charge in [0.05, 0.1) is 31.5 Å². The highest BCUT2D eigenvalue weighted by Gasteiger charge is 2.56. The van der Waals surface area contributed by atoms with E-state index in [0.717, 1.165) is 29.4 Å². The maximum absolute atomic E-state index is 15.5. The Balaban J connectivity index is 1.31. The molecule has 7 rings (SSSR count). The fraction of sp³-hybridized carbons (Fsp3) is 0.806. The van der Waals surface area contributed by atoms with Crippen LogP contribution in [0.15, 0.2) is 12.2 Å². The average Bonchev–Trinajstić information content (AvgIpc) is 1.74. The van der Waals surface area contributed by atoms with Crippen LogP contribution < -0.4 is 16.0 Å². The van der Waals surface area contributed by atoms with E-state index in [4.69, 9.17) is 4.74 Å². The lowest BCUT2D eigenvalue weighted by atomic mass is 9.74. The minimum Gasteiger partial charge on any atom is -0.377 e. The smallest absolute Gasteiger partial charge is 0.377 e. The van der Waals surface area contributed by atoms with E-state index < -0.39 is 230 Å². The number of carbonyl (C=O) groups excluding carboxylic acids is 12. The molecule has 11 atom stereocenters. The largest absolute Gasteiger partial charge is 0.397 e. The minimum atomic E-state index is -5.22. The summed E-state index contributed by atoms with van der Waals surface area (Å²) in [5, 5.41) is 8.28. The Morgan fingerprint density at radius 1 is 0.638 bits per heavy atom. The summed E-state index contributed by atoms with van der Waals surface area (Å²) < 4.78 is 121. The van der Waals surface area contributed by atoms with Gasteiger partial charge in [0.15, 0.2) is 0 Å². The van der Waals surface area contributed by atoms with Crippen molar-refractivity contribution in [3.63, 3.8) is 0 Å². The lowest BCUT2D eigenvalue weighted by Gasteiger charge is -2.46. The predicted molar refractivity (Wildman–Crippen MR) is 367 cm³/mol. The number of nitrogens with one attached hydrogen (secondary N) is 3. The number of hydrogen-bond donors (Lipinski definition) is 3. The third kappa shape index (κ3) is 20.3. The molecule has 2 bridgehead atoms. The molecule has 105 heavy (non-hydrogen) atoms. The van der Waals surface area contributed by atoms with Gasteiger partial charge in [-0.05, 0) is 140 Å². The zero-order valence-electron chi connectivity index (χ0n) is 62.7. The number of halogens is 8. The van der Waals surface area contributed by atoms with Gasteiger partial charge in [0.2, 0.25) is 70.9 Å². The number of likely N-dealkylation sites (N-methyl/N-ethyl adjacent to an activating group) is 7. The van der Waals surface area contributed by atoms with E-state index in [2.05, 4.69) is 16.0 Å². The van der Waals surface area contributed by atoms with Crippen LogP contribution in [0.4, 0.5) is 35.1 Å². The zero-order valence-corrected chi connectivity index (χ0v) is 62.7. The Hall–Kier alpha value is -7.22. The first-order valence-corrected chi connectivity index (χ1v) is 37.1. The standard InChI is InChI=1S/C72H110F8N12O13/c1-13-50-61(96)82-59(41(3)4)67(102)86(8)40-57(95)88(10)51-23-16-15-19-32-91(66(51)101)54(35-42-24-27-45(28-25-42)71(75,76)77)65(100)85(7)39-55(93)81-49(29-26-43-33-47(73)58(48(74)34-43)72(78,79)80)63(98)92-38-46(105-14-2)36-52(92)62(97)83-70(30-20-31-70)69(104)90(12)60(44-21-17-18-22-44)68(103)89(11)53(64(99)84(5)6)37-56(94)87(50)9/h15-16,41-54,58-60H,13-14,17-40H2,1-12H3,(H,81,93)(H,82,96)(H,83,97)/b16-15-/t42?,43?,45?,46-,47?,48?,49+,50+,51+,52+,53+,54+,58?,59+,60+/m1/s1. The first kappa shape index (κ1) is 85.0. The average molecular weight is 1500 g/mol. The summed E-state index contributed by atoms with van der Waals surface area (Å²) in [6.45, 7) is 4.65. The molecule has 0 aromatic rings. The first-order chi connectivity index (χ1) is 49.2. The molecule has 3 N–H and O–H groups in total. The van der Waals surface area contributed by atoms with Gasteiger partial charge in [-0.15, -0.1) is 0 Å². The van der Waals surface area contributed by atoms with E-state index in [1.807, 2.05) is 0 Å². The molecule has 592 valence electrons. The second-order valence-corrected chi connectivity index (χ2v) is 30.8. The van der Waals surface area contributed by atoms with E-state index >= 15 is 37.5 Å². The lowest BCUT2D eigenvalue weighted by Crippen LogP contribution is -2.68. The molecule has 0 aromatic carbocycles. The van der Waals surface area contributed by atoms with Crippen LogP contribution in [0.25, 0.3) is 0 Å². The molecule has 4 aliphatic carbocycles. The molecule has 3 aliphatic heterocycles. The van der Waals surface area contributed by atoms with Crippen molar-refractivity contribution in [2.75, 3.05) is 89.2 Å². The molecular weight excluding hydrogens is 1390 g/mol. The summed E-state index contributed by atoms with van der Waals surface area (Å²) >= 11 is 0. The molecular formula is C72H110F8N12O13. The Labute approximate surface area is 610 Å². The number of rotatable bonds is 11. The van der Waals surface area contributed by atoms with Crippen molar-refractivity contribution < 1.29 is 97.4 Å². The topological polar surface area (TPSA) is 279 Å². The fourth-order valence-electron chi connectivity index (χ4n) is 16.6.